The van der Waals surface area contributed by atoms with Crippen molar-refractivity contribution in [2.75, 3.05) is 5.32 Å². The molecule has 0 saturated heterocycles. The first-order valence-electron chi connectivity index (χ1n) is 10.6. The number of fused-ring (bicyclic) bond motifs is 2. The summed E-state index contributed by atoms with van der Waals surface area (Å²) in [6.45, 7) is 0.351. The van der Waals surface area contributed by atoms with E-state index < -0.39 is 5.41 Å². The maximum Gasteiger partial charge on any atom is 0.240 e. The summed E-state index contributed by atoms with van der Waals surface area (Å²) in [7, 11) is 0. The molecule has 1 N–H and O–H groups in total. The SMILES string of the molecule is O=C1Nc2ccc(-c3ccccc3F)cc2C12CCCCC2=NOCc1ccccc1. The van der Waals surface area contributed by atoms with Crippen LogP contribution in [0.1, 0.15) is 36.8 Å². The van der Waals surface area contributed by atoms with Gasteiger partial charge in [-0.25, -0.2) is 4.39 Å². The number of carbonyl (C=O) groups excluding carboxylic acids is 1. The number of oxime groups is 1. The van der Waals surface area contributed by atoms with Gasteiger partial charge in [0.05, 0.1) is 5.71 Å². The Kier molecular flexibility index (Phi) is 5.02. The average molecular weight is 414 g/mol. The molecule has 1 aliphatic heterocycles. The summed E-state index contributed by atoms with van der Waals surface area (Å²) < 4.78 is 14.4. The second-order valence-corrected chi connectivity index (χ2v) is 8.10. The van der Waals surface area contributed by atoms with Gasteiger partial charge < -0.3 is 10.2 Å². The van der Waals surface area contributed by atoms with Crippen molar-refractivity contribution in [3.05, 3.63) is 89.7 Å². The molecule has 0 bridgehead atoms. The van der Waals surface area contributed by atoms with Gasteiger partial charge in [-0.1, -0.05) is 66.2 Å². The van der Waals surface area contributed by atoms with E-state index in [0.29, 0.717) is 25.0 Å². The molecule has 5 rings (SSSR count). The Bertz CT molecular complexity index is 1160. The van der Waals surface area contributed by atoms with Crippen LogP contribution in [0.4, 0.5) is 10.1 Å². The molecule has 1 heterocycles. The fourth-order valence-corrected chi connectivity index (χ4v) is 4.68. The van der Waals surface area contributed by atoms with E-state index in [1.54, 1.807) is 12.1 Å². The summed E-state index contributed by atoms with van der Waals surface area (Å²) in [5, 5.41) is 7.49. The fourth-order valence-electron chi connectivity index (χ4n) is 4.68. The molecule has 3 aromatic rings. The molecule has 4 nitrogen and oxygen atoms in total. The second-order valence-electron chi connectivity index (χ2n) is 8.10. The van der Waals surface area contributed by atoms with Gasteiger partial charge >= 0.3 is 0 Å². The maximum atomic E-state index is 14.4. The highest BCUT2D eigenvalue weighted by atomic mass is 19.1. The molecule has 1 saturated carbocycles. The predicted octanol–water partition coefficient (Wildman–Crippen LogP) is 5.83. The largest absolute Gasteiger partial charge is 0.391 e. The number of hydrogen-bond acceptors (Lipinski definition) is 3. The first kappa shape index (κ1) is 19.5. The Morgan fingerprint density at radius 2 is 1.81 bits per heavy atom. The zero-order chi connectivity index (χ0) is 21.3. The van der Waals surface area contributed by atoms with E-state index in [2.05, 4.69) is 10.5 Å². The highest BCUT2D eigenvalue weighted by molar-refractivity contribution is 6.23. The lowest BCUT2D eigenvalue weighted by Crippen LogP contribution is -2.44. The molecule has 1 atom stereocenters. The van der Waals surface area contributed by atoms with E-state index in [-0.39, 0.29) is 11.7 Å². The van der Waals surface area contributed by atoms with E-state index in [1.807, 2.05) is 54.6 Å². The molecule has 3 aromatic carbocycles. The molecule has 5 heteroatoms. The normalized spacial score (nSPS) is 21.2. The van der Waals surface area contributed by atoms with Gasteiger partial charge in [0.25, 0.3) is 0 Å². The molecule has 1 spiro atoms. The van der Waals surface area contributed by atoms with Crippen LogP contribution >= 0.6 is 0 Å². The molecular formula is C26H23FN2O2. The number of amides is 1. The molecule has 0 aromatic heterocycles. The van der Waals surface area contributed by atoms with E-state index in [0.717, 1.165) is 40.9 Å². The van der Waals surface area contributed by atoms with Gasteiger partial charge in [-0.2, -0.15) is 0 Å². The van der Waals surface area contributed by atoms with Gasteiger partial charge in [0.15, 0.2) is 0 Å². The van der Waals surface area contributed by atoms with Crippen molar-refractivity contribution < 1.29 is 14.0 Å². The number of nitrogens with one attached hydrogen (secondary N) is 1. The first-order chi connectivity index (χ1) is 15.2. The minimum absolute atomic E-state index is 0.0741. The lowest BCUT2D eigenvalue weighted by atomic mass is 9.68. The minimum atomic E-state index is -0.856. The summed E-state index contributed by atoms with van der Waals surface area (Å²) >= 11 is 0. The highest BCUT2D eigenvalue weighted by Gasteiger charge is 2.52. The van der Waals surface area contributed by atoms with Crippen molar-refractivity contribution in [3.8, 4) is 11.1 Å². The lowest BCUT2D eigenvalue weighted by molar-refractivity contribution is -0.119. The second kappa shape index (κ2) is 7.99. The van der Waals surface area contributed by atoms with Crippen LogP contribution in [0.2, 0.25) is 0 Å². The van der Waals surface area contributed by atoms with E-state index in [4.69, 9.17) is 4.84 Å². The Balaban J connectivity index is 1.53. The molecule has 0 radical (unpaired) electrons. The number of halogens is 1. The Labute approximate surface area is 180 Å². The third-order valence-corrected chi connectivity index (χ3v) is 6.26. The molecule has 2 aliphatic rings. The van der Waals surface area contributed by atoms with Gasteiger partial charge in [-0.05, 0) is 54.2 Å². The zero-order valence-corrected chi connectivity index (χ0v) is 17.1. The van der Waals surface area contributed by atoms with Crippen LogP contribution in [-0.2, 0) is 21.7 Å². The van der Waals surface area contributed by atoms with Gasteiger partial charge in [0.1, 0.15) is 17.8 Å². The molecule has 156 valence electrons. The van der Waals surface area contributed by atoms with Crippen LogP contribution in [0, 0.1) is 5.82 Å². The lowest BCUT2D eigenvalue weighted by Gasteiger charge is -2.32. The van der Waals surface area contributed by atoms with Crippen molar-refractivity contribution in [3.63, 3.8) is 0 Å². The maximum absolute atomic E-state index is 14.4. The van der Waals surface area contributed by atoms with Gasteiger partial charge in [0, 0.05) is 11.3 Å². The summed E-state index contributed by atoms with van der Waals surface area (Å²) in [6, 6.07) is 22.2. The molecule has 1 unspecified atom stereocenters. The Hall–Kier alpha value is -3.47. The smallest absolute Gasteiger partial charge is 0.240 e. The Morgan fingerprint density at radius 3 is 2.65 bits per heavy atom. The van der Waals surface area contributed by atoms with E-state index in [1.165, 1.54) is 6.07 Å². The summed E-state index contributed by atoms with van der Waals surface area (Å²) in [6.07, 6.45) is 3.26. The third-order valence-electron chi connectivity index (χ3n) is 6.26. The van der Waals surface area contributed by atoms with Crippen LogP contribution in [-0.4, -0.2) is 11.6 Å². The number of benzene rings is 3. The van der Waals surface area contributed by atoms with Crippen molar-refractivity contribution in [1.82, 2.24) is 0 Å². The first-order valence-corrected chi connectivity index (χ1v) is 10.6. The van der Waals surface area contributed by atoms with Crippen molar-refractivity contribution >= 4 is 17.3 Å². The predicted molar refractivity (Wildman–Crippen MR) is 119 cm³/mol. The van der Waals surface area contributed by atoms with Gasteiger partial charge in [-0.15, -0.1) is 0 Å². The van der Waals surface area contributed by atoms with Gasteiger partial charge in [-0.3, -0.25) is 4.79 Å². The summed E-state index contributed by atoms with van der Waals surface area (Å²) in [5.74, 6) is -0.354. The third kappa shape index (κ3) is 3.40. The topological polar surface area (TPSA) is 50.7 Å². The van der Waals surface area contributed by atoms with Crippen LogP contribution in [0.3, 0.4) is 0 Å². The molecular weight excluding hydrogens is 391 g/mol. The van der Waals surface area contributed by atoms with Gasteiger partial charge in [0.2, 0.25) is 5.91 Å². The van der Waals surface area contributed by atoms with E-state index >= 15 is 0 Å². The van der Waals surface area contributed by atoms with Crippen LogP contribution < -0.4 is 5.32 Å². The number of hydrogen-bond donors (Lipinski definition) is 1. The van der Waals surface area contributed by atoms with Crippen LogP contribution in [0.5, 0.6) is 0 Å². The molecule has 1 amide bonds. The van der Waals surface area contributed by atoms with Crippen molar-refractivity contribution in [2.45, 2.75) is 37.7 Å². The average Bonchev–Trinajstić information content (AvgIpc) is 3.07. The standard InChI is InChI=1S/C26H23FN2O2/c27-22-11-5-4-10-20(22)19-13-14-23-21(16-19)26(25(30)28-23)15-7-6-12-24(26)29-31-17-18-8-2-1-3-9-18/h1-5,8-11,13-14,16H,6-7,12,15,17H2,(H,28,30). The monoisotopic (exact) mass is 414 g/mol. The minimum Gasteiger partial charge on any atom is -0.391 e. The zero-order valence-electron chi connectivity index (χ0n) is 17.1. The molecule has 1 fully saturated rings. The van der Waals surface area contributed by atoms with Crippen molar-refractivity contribution in [1.29, 1.82) is 0 Å². The highest BCUT2D eigenvalue weighted by Crippen LogP contribution is 2.47. The number of rotatable bonds is 4. The summed E-state index contributed by atoms with van der Waals surface area (Å²) in [4.78, 5) is 18.9. The number of anilines is 1. The van der Waals surface area contributed by atoms with Crippen LogP contribution in [0.15, 0.2) is 78.0 Å². The Morgan fingerprint density at radius 1 is 1.00 bits per heavy atom. The molecule has 31 heavy (non-hydrogen) atoms. The number of carbonyl (C=O) groups is 1. The quantitative estimate of drug-likeness (QED) is 0.546. The number of nitrogens with zero attached hydrogens (tertiary/aromatic N) is 1. The van der Waals surface area contributed by atoms with Crippen molar-refractivity contribution in [2.24, 2.45) is 5.16 Å². The molecule has 1 aliphatic carbocycles. The summed E-state index contributed by atoms with van der Waals surface area (Å²) in [5.41, 5.74) is 3.82. The van der Waals surface area contributed by atoms with Crippen LogP contribution in [0.25, 0.3) is 11.1 Å². The van der Waals surface area contributed by atoms with E-state index in [9.17, 15) is 9.18 Å². The fraction of sp³-hybridized carbons (Fsp3) is 0.231.